The van der Waals surface area contributed by atoms with E-state index in [1.165, 1.54) is 39.0 Å². The molecule has 0 saturated heterocycles. The summed E-state index contributed by atoms with van der Waals surface area (Å²) in [6.45, 7) is 8.84. The van der Waals surface area contributed by atoms with Gasteiger partial charge in [0.25, 0.3) is 0 Å². The highest BCUT2D eigenvalue weighted by Gasteiger charge is 2.54. The molecule has 2 nitrogen and oxygen atoms in total. The maximum atomic E-state index is 6.95. The molecule has 3 unspecified atom stereocenters. The number of nitrogens with zero attached hydrogens (tertiary/aromatic N) is 2. The molecule has 174 valence electrons. The van der Waals surface area contributed by atoms with Gasteiger partial charge in [-0.15, -0.1) is 11.6 Å². The van der Waals surface area contributed by atoms with E-state index < -0.39 is 0 Å². The van der Waals surface area contributed by atoms with Crippen LogP contribution in [0.3, 0.4) is 0 Å². The summed E-state index contributed by atoms with van der Waals surface area (Å²) in [7, 11) is 2.20. The largest absolute Gasteiger partial charge is 0.372 e. The molecule has 34 heavy (non-hydrogen) atoms. The van der Waals surface area contributed by atoms with E-state index in [4.69, 9.17) is 11.6 Å². The highest BCUT2D eigenvalue weighted by Crippen LogP contribution is 2.51. The monoisotopic (exact) mass is 469 g/mol. The number of benzene rings is 3. The van der Waals surface area contributed by atoms with Gasteiger partial charge in [-0.25, -0.2) is 0 Å². The van der Waals surface area contributed by atoms with Gasteiger partial charge in [-0.05, 0) is 67.8 Å². The first-order valence-electron chi connectivity index (χ1n) is 12.5. The molecule has 0 amide bonds. The number of alkyl halides is 1. The van der Waals surface area contributed by atoms with Crippen molar-refractivity contribution in [3.8, 4) is 0 Å². The van der Waals surface area contributed by atoms with Gasteiger partial charge in [0.15, 0.2) is 5.71 Å². The van der Waals surface area contributed by atoms with Crippen molar-refractivity contribution in [3.63, 3.8) is 0 Å². The second-order valence-electron chi connectivity index (χ2n) is 9.63. The molecule has 0 bridgehead atoms. The topological polar surface area (TPSA) is 6.25 Å². The third kappa shape index (κ3) is 3.60. The fraction of sp³-hybridized carbons (Fsp3) is 0.323. The number of hydrogen-bond donors (Lipinski definition) is 0. The molecule has 0 N–H and O–H groups in total. The van der Waals surface area contributed by atoms with Crippen LogP contribution in [0.2, 0.25) is 0 Å². The smallest absolute Gasteiger partial charge is 0.210 e. The highest BCUT2D eigenvalue weighted by molar-refractivity contribution is 6.22. The number of anilines is 1. The lowest BCUT2D eigenvalue weighted by Crippen LogP contribution is -2.40. The molecule has 3 aromatic carbocycles. The zero-order valence-electron chi connectivity index (χ0n) is 20.6. The minimum atomic E-state index is -0.206. The van der Waals surface area contributed by atoms with Crippen molar-refractivity contribution >= 4 is 45.5 Å². The van der Waals surface area contributed by atoms with Gasteiger partial charge in [0, 0.05) is 47.8 Å². The lowest BCUT2D eigenvalue weighted by Gasteiger charge is -2.31. The number of fused-ring (bicyclic) bond motifs is 3. The van der Waals surface area contributed by atoms with Crippen LogP contribution < -0.4 is 4.90 Å². The van der Waals surface area contributed by atoms with Gasteiger partial charge >= 0.3 is 0 Å². The summed E-state index contributed by atoms with van der Waals surface area (Å²) in [4.78, 5) is 2.37. The molecule has 1 aliphatic carbocycles. The molecule has 3 heteroatoms. The Hall–Kier alpha value is -2.84. The summed E-state index contributed by atoms with van der Waals surface area (Å²) >= 11 is 6.95. The van der Waals surface area contributed by atoms with E-state index in [2.05, 4.69) is 122 Å². The quantitative estimate of drug-likeness (QED) is 0.205. The van der Waals surface area contributed by atoms with E-state index in [1.54, 1.807) is 0 Å². The fourth-order valence-electron chi connectivity index (χ4n) is 6.05. The second kappa shape index (κ2) is 9.07. The average Bonchev–Trinajstić information content (AvgIpc) is 3.39. The summed E-state index contributed by atoms with van der Waals surface area (Å²) in [5.41, 5.74) is 6.26. The first kappa shape index (κ1) is 22.9. The number of rotatable bonds is 6. The Kier molecular flexibility index (Phi) is 6.12. The Bertz CT molecular complexity index is 1300. The predicted molar refractivity (Wildman–Crippen MR) is 148 cm³/mol. The second-order valence-corrected chi connectivity index (χ2v) is 10.2. The molecule has 3 atom stereocenters. The van der Waals surface area contributed by atoms with Gasteiger partial charge in [-0.2, -0.15) is 4.58 Å². The zero-order valence-corrected chi connectivity index (χ0v) is 21.4. The van der Waals surface area contributed by atoms with Crippen LogP contribution in [0.25, 0.3) is 16.8 Å². The zero-order chi connectivity index (χ0) is 23.9. The van der Waals surface area contributed by atoms with E-state index in [0.29, 0.717) is 0 Å². The molecule has 0 saturated carbocycles. The van der Waals surface area contributed by atoms with Crippen molar-refractivity contribution in [2.75, 3.05) is 25.0 Å². The third-order valence-corrected chi connectivity index (χ3v) is 8.35. The minimum Gasteiger partial charge on any atom is -0.372 e. The van der Waals surface area contributed by atoms with Gasteiger partial charge in [0.1, 0.15) is 7.05 Å². The van der Waals surface area contributed by atoms with Crippen molar-refractivity contribution in [1.82, 2.24) is 0 Å². The summed E-state index contributed by atoms with van der Waals surface area (Å²) < 4.78 is 2.37. The molecule has 1 heterocycles. The molecular weight excluding hydrogens is 436 g/mol. The van der Waals surface area contributed by atoms with Gasteiger partial charge in [0.05, 0.1) is 5.41 Å². The SMILES string of the molecule is CCN(CC)c1ccc(/C=C/C2=[N+](C)c3ccc4ccccc4c3C2(C)C2C=CCC2Cl)cc1. The number of allylic oxidation sites excluding steroid dienone is 3. The molecule has 0 fully saturated rings. The van der Waals surface area contributed by atoms with E-state index in [1.807, 2.05) is 0 Å². The normalized spacial score (nSPS) is 23.9. The van der Waals surface area contributed by atoms with Crippen LogP contribution in [0.4, 0.5) is 11.4 Å². The minimum absolute atomic E-state index is 0.0973. The lowest BCUT2D eigenvalue weighted by molar-refractivity contribution is -0.401. The maximum absolute atomic E-state index is 6.95. The van der Waals surface area contributed by atoms with Crippen LogP contribution in [-0.2, 0) is 5.41 Å². The lowest BCUT2D eigenvalue weighted by atomic mass is 9.67. The van der Waals surface area contributed by atoms with Crippen LogP contribution in [0.1, 0.15) is 38.3 Å². The average molecular weight is 470 g/mol. The molecule has 5 rings (SSSR count). The summed E-state index contributed by atoms with van der Waals surface area (Å²) in [5.74, 6) is 0.244. The van der Waals surface area contributed by atoms with E-state index in [-0.39, 0.29) is 16.7 Å². The first-order valence-corrected chi connectivity index (χ1v) is 12.9. The molecule has 2 aliphatic rings. The molecule has 1 aliphatic heterocycles. The Labute approximate surface area is 208 Å². The fourth-order valence-corrected chi connectivity index (χ4v) is 6.49. The summed E-state index contributed by atoms with van der Waals surface area (Å²) in [6, 6.07) is 22.2. The summed E-state index contributed by atoms with van der Waals surface area (Å²) in [5, 5.41) is 2.71. The van der Waals surface area contributed by atoms with Crippen LogP contribution >= 0.6 is 11.6 Å². The standard InChI is InChI=1S/C31H34ClN2/c1-5-34(6-2)24-18-14-22(15-19-24)16-21-29-31(3,26-12-9-13-27(26)32)30-25-11-8-7-10-23(25)17-20-28(30)33(29)4/h7-12,14-21,26-27H,5-6,13H2,1-4H3/q+1. The van der Waals surface area contributed by atoms with Crippen molar-refractivity contribution in [2.45, 2.75) is 38.0 Å². The Morgan fingerprint density at radius 2 is 1.74 bits per heavy atom. The number of hydrogen-bond acceptors (Lipinski definition) is 1. The predicted octanol–water partition coefficient (Wildman–Crippen LogP) is 7.57. The van der Waals surface area contributed by atoms with Gasteiger partial charge in [-0.1, -0.05) is 48.6 Å². The van der Waals surface area contributed by atoms with Crippen LogP contribution in [-0.4, -0.2) is 35.8 Å². The molecule has 0 aromatic heterocycles. The highest BCUT2D eigenvalue weighted by atomic mass is 35.5. The van der Waals surface area contributed by atoms with Crippen LogP contribution in [0.5, 0.6) is 0 Å². The Morgan fingerprint density at radius 3 is 2.41 bits per heavy atom. The van der Waals surface area contributed by atoms with E-state index in [9.17, 15) is 0 Å². The summed E-state index contributed by atoms with van der Waals surface area (Å²) in [6.07, 6.45) is 10.1. The van der Waals surface area contributed by atoms with Crippen molar-refractivity contribution in [2.24, 2.45) is 5.92 Å². The van der Waals surface area contributed by atoms with Crippen LogP contribution in [0, 0.1) is 5.92 Å². The van der Waals surface area contributed by atoms with Gasteiger partial charge in [0.2, 0.25) is 5.69 Å². The molecule has 0 spiro atoms. The Balaban J connectivity index is 1.60. The first-order chi connectivity index (χ1) is 16.5. The maximum Gasteiger partial charge on any atom is 0.210 e. The van der Waals surface area contributed by atoms with Crippen molar-refractivity contribution in [3.05, 3.63) is 90.0 Å². The third-order valence-electron chi connectivity index (χ3n) is 7.90. The molecule has 3 aromatic rings. The van der Waals surface area contributed by atoms with Crippen molar-refractivity contribution < 1.29 is 4.58 Å². The van der Waals surface area contributed by atoms with Gasteiger partial charge in [-0.3, -0.25) is 0 Å². The van der Waals surface area contributed by atoms with Crippen molar-refractivity contribution in [1.29, 1.82) is 0 Å². The van der Waals surface area contributed by atoms with E-state index >= 15 is 0 Å². The number of halogens is 1. The van der Waals surface area contributed by atoms with E-state index in [0.717, 1.165) is 19.5 Å². The molecular formula is C31H34ClN2+. The van der Waals surface area contributed by atoms with Crippen LogP contribution in [0.15, 0.2) is 78.9 Å². The Morgan fingerprint density at radius 1 is 1.00 bits per heavy atom. The van der Waals surface area contributed by atoms with Gasteiger partial charge < -0.3 is 4.90 Å². The molecule has 0 radical (unpaired) electrons.